The second kappa shape index (κ2) is 7.65. The van der Waals surface area contributed by atoms with E-state index in [1.54, 1.807) is 12.1 Å². The van der Waals surface area contributed by atoms with Gasteiger partial charge in [-0.05, 0) is 52.8 Å². The van der Waals surface area contributed by atoms with E-state index in [1.165, 1.54) is 21.3 Å². The summed E-state index contributed by atoms with van der Waals surface area (Å²) in [5.41, 5.74) is 1.75. The molecule has 0 radical (unpaired) electrons. The molecule has 0 aromatic heterocycles. The fraction of sp³-hybridized carbons (Fsp3) is 0.522. The largest absolute Gasteiger partial charge is 0.469 e. The van der Waals surface area contributed by atoms with E-state index in [0.717, 1.165) is 30.4 Å². The van der Waals surface area contributed by atoms with Crippen molar-refractivity contribution in [1.82, 2.24) is 0 Å². The molecular formula is C23H28O6. The maximum Gasteiger partial charge on any atom is 0.338 e. The summed E-state index contributed by atoms with van der Waals surface area (Å²) in [7, 11) is 3.99. The molecule has 0 spiro atoms. The number of carbonyl (C=O) groups is 3. The van der Waals surface area contributed by atoms with Gasteiger partial charge in [0.25, 0.3) is 0 Å². The summed E-state index contributed by atoms with van der Waals surface area (Å²) in [4.78, 5) is 36.7. The van der Waals surface area contributed by atoms with Gasteiger partial charge in [0.15, 0.2) is 0 Å². The molecule has 2 aliphatic rings. The molecule has 6 nitrogen and oxygen atoms in total. The number of esters is 3. The predicted octanol–water partition coefficient (Wildman–Crippen LogP) is 3.91. The first-order chi connectivity index (χ1) is 13.7. The first-order valence-corrected chi connectivity index (χ1v) is 9.80. The lowest BCUT2D eigenvalue weighted by Crippen LogP contribution is -2.48. The zero-order valence-electron chi connectivity index (χ0n) is 17.7. The molecule has 1 aromatic carbocycles. The van der Waals surface area contributed by atoms with Gasteiger partial charge in [-0.25, -0.2) is 9.59 Å². The third-order valence-corrected chi connectivity index (χ3v) is 6.74. The van der Waals surface area contributed by atoms with Crippen LogP contribution < -0.4 is 0 Å². The molecule has 0 heterocycles. The topological polar surface area (TPSA) is 78.9 Å². The Labute approximate surface area is 171 Å². The van der Waals surface area contributed by atoms with Crippen LogP contribution in [0, 0.1) is 11.3 Å². The number of rotatable bonds is 4. The van der Waals surface area contributed by atoms with E-state index in [0.29, 0.717) is 6.42 Å². The van der Waals surface area contributed by atoms with Crippen LogP contribution in [0.2, 0.25) is 0 Å². The molecule has 2 aliphatic carbocycles. The van der Waals surface area contributed by atoms with Gasteiger partial charge < -0.3 is 14.2 Å². The molecular weight excluding hydrogens is 372 g/mol. The number of carbonyl (C=O) groups excluding carboxylic acids is 3. The molecule has 6 heteroatoms. The summed E-state index contributed by atoms with van der Waals surface area (Å²) in [5, 5.41) is 0. The van der Waals surface area contributed by atoms with E-state index in [4.69, 9.17) is 14.2 Å². The second-order valence-corrected chi connectivity index (χ2v) is 8.48. The number of allylic oxidation sites excluding steroid dienone is 1. The number of methoxy groups -OCH3 is 3. The Hall–Kier alpha value is -2.63. The van der Waals surface area contributed by atoms with Crippen molar-refractivity contribution in [3.05, 3.63) is 40.5 Å². The number of hydrogen-bond acceptors (Lipinski definition) is 6. The van der Waals surface area contributed by atoms with Crippen molar-refractivity contribution in [1.29, 1.82) is 0 Å². The first kappa shape index (κ1) is 21.1. The van der Waals surface area contributed by atoms with Crippen molar-refractivity contribution in [3.8, 4) is 0 Å². The van der Waals surface area contributed by atoms with Crippen molar-refractivity contribution in [3.63, 3.8) is 0 Å². The van der Waals surface area contributed by atoms with Crippen LogP contribution >= 0.6 is 0 Å². The smallest absolute Gasteiger partial charge is 0.338 e. The van der Waals surface area contributed by atoms with Crippen molar-refractivity contribution in [2.75, 3.05) is 21.3 Å². The molecule has 3 atom stereocenters. The zero-order chi connectivity index (χ0) is 21.4. The van der Waals surface area contributed by atoms with Gasteiger partial charge in [0, 0.05) is 0 Å². The number of ether oxygens (including phenoxy) is 3. The van der Waals surface area contributed by atoms with E-state index in [9.17, 15) is 14.4 Å². The third-order valence-electron chi connectivity index (χ3n) is 6.74. The fourth-order valence-corrected chi connectivity index (χ4v) is 5.29. The Kier molecular flexibility index (Phi) is 5.57. The van der Waals surface area contributed by atoms with Crippen LogP contribution in [0.15, 0.2) is 18.2 Å². The van der Waals surface area contributed by atoms with Crippen molar-refractivity contribution >= 4 is 24.0 Å². The van der Waals surface area contributed by atoms with E-state index in [1.807, 2.05) is 6.08 Å². The highest BCUT2D eigenvalue weighted by Gasteiger charge is 2.51. The number of fused-ring (bicyclic) bond motifs is 3. The van der Waals surface area contributed by atoms with E-state index >= 15 is 0 Å². The highest BCUT2D eigenvalue weighted by Crippen LogP contribution is 2.57. The normalized spacial score (nSPS) is 27.4. The standard InChI is InChI=1S/C23H28O6/c1-22(13-19(24)27-3)9-6-10-23(2)17-12-16(21(26)29-5)15(20(25)28-4)11-14(17)7-8-18(22)23/h7-8,11-12,18H,6,9-10,13H2,1-5H3/t18?,22-,23-/m1/s1. The highest BCUT2D eigenvalue weighted by molar-refractivity contribution is 6.04. The Balaban J connectivity index is 2.15. The summed E-state index contributed by atoms with van der Waals surface area (Å²) in [5.74, 6) is -1.26. The molecule has 1 unspecified atom stereocenters. The Bertz CT molecular complexity index is 886. The molecule has 156 valence electrons. The minimum atomic E-state index is -0.576. The van der Waals surface area contributed by atoms with Crippen molar-refractivity contribution < 1.29 is 28.6 Å². The van der Waals surface area contributed by atoms with Crippen LogP contribution in [0.3, 0.4) is 0 Å². The zero-order valence-corrected chi connectivity index (χ0v) is 17.7. The Morgan fingerprint density at radius 2 is 1.59 bits per heavy atom. The summed E-state index contributed by atoms with van der Waals surface area (Å²) in [6, 6.07) is 3.48. The van der Waals surface area contributed by atoms with Gasteiger partial charge in [0.05, 0.1) is 38.9 Å². The first-order valence-electron chi connectivity index (χ1n) is 9.80. The third kappa shape index (κ3) is 3.45. The summed E-state index contributed by atoms with van der Waals surface area (Å²) in [6.45, 7) is 4.30. The number of benzene rings is 1. The molecule has 3 rings (SSSR count). The Morgan fingerprint density at radius 3 is 2.17 bits per heavy atom. The predicted molar refractivity (Wildman–Crippen MR) is 108 cm³/mol. The lowest BCUT2D eigenvalue weighted by atomic mass is 9.51. The van der Waals surface area contributed by atoms with Gasteiger partial charge in [-0.1, -0.05) is 32.4 Å². The maximum absolute atomic E-state index is 12.4. The van der Waals surface area contributed by atoms with Crippen LogP contribution in [0.25, 0.3) is 6.08 Å². The molecule has 0 saturated heterocycles. The molecule has 0 aliphatic heterocycles. The van der Waals surface area contributed by atoms with Crippen LogP contribution in [-0.2, 0) is 24.4 Å². The molecule has 29 heavy (non-hydrogen) atoms. The van der Waals surface area contributed by atoms with Gasteiger partial charge >= 0.3 is 17.9 Å². The van der Waals surface area contributed by atoms with Gasteiger partial charge in [0.2, 0.25) is 0 Å². The molecule has 1 saturated carbocycles. The fourth-order valence-electron chi connectivity index (χ4n) is 5.29. The van der Waals surface area contributed by atoms with Crippen LogP contribution in [0.1, 0.15) is 71.4 Å². The van der Waals surface area contributed by atoms with Gasteiger partial charge in [-0.2, -0.15) is 0 Å². The monoisotopic (exact) mass is 400 g/mol. The van der Waals surface area contributed by atoms with Crippen LogP contribution in [-0.4, -0.2) is 39.2 Å². The van der Waals surface area contributed by atoms with Crippen LogP contribution in [0.4, 0.5) is 0 Å². The highest BCUT2D eigenvalue weighted by atomic mass is 16.5. The average molecular weight is 400 g/mol. The molecule has 0 bridgehead atoms. The lowest BCUT2D eigenvalue weighted by molar-refractivity contribution is -0.145. The minimum Gasteiger partial charge on any atom is -0.469 e. The summed E-state index contributed by atoms with van der Waals surface area (Å²) >= 11 is 0. The second-order valence-electron chi connectivity index (χ2n) is 8.48. The Morgan fingerprint density at radius 1 is 0.966 bits per heavy atom. The molecule has 0 N–H and O–H groups in total. The maximum atomic E-state index is 12.4. The molecule has 1 fully saturated rings. The van der Waals surface area contributed by atoms with Gasteiger partial charge in [-0.3, -0.25) is 4.79 Å². The summed E-state index contributed by atoms with van der Waals surface area (Å²) in [6.07, 6.45) is 7.27. The summed E-state index contributed by atoms with van der Waals surface area (Å²) < 4.78 is 14.7. The number of hydrogen-bond donors (Lipinski definition) is 0. The molecule has 1 aromatic rings. The SMILES string of the molecule is COC(=O)C[C@@]1(C)CCC[C@]2(C)c3cc(C(=O)OC)c(C(=O)OC)cc3C=CC12. The van der Waals surface area contributed by atoms with Crippen molar-refractivity contribution in [2.24, 2.45) is 11.3 Å². The van der Waals surface area contributed by atoms with E-state index in [-0.39, 0.29) is 33.8 Å². The quantitative estimate of drug-likeness (QED) is 0.563. The molecule has 0 amide bonds. The van der Waals surface area contributed by atoms with E-state index < -0.39 is 11.9 Å². The van der Waals surface area contributed by atoms with Crippen molar-refractivity contribution in [2.45, 2.75) is 44.9 Å². The lowest BCUT2D eigenvalue weighted by Gasteiger charge is -2.53. The van der Waals surface area contributed by atoms with Gasteiger partial charge in [0.1, 0.15) is 0 Å². The minimum absolute atomic E-state index is 0.102. The van der Waals surface area contributed by atoms with Gasteiger partial charge in [-0.15, -0.1) is 0 Å². The average Bonchev–Trinajstić information content (AvgIpc) is 2.71. The van der Waals surface area contributed by atoms with E-state index in [2.05, 4.69) is 19.9 Å². The van der Waals surface area contributed by atoms with Crippen LogP contribution in [0.5, 0.6) is 0 Å².